The highest BCUT2D eigenvalue weighted by atomic mass is 16.4. The van der Waals surface area contributed by atoms with Crippen molar-refractivity contribution in [2.45, 2.75) is 75.7 Å². The number of carboxylic acids is 2. The third kappa shape index (κ3) is 9.63. The summed E-state index contributed by atoms with van der Waals surface area (Å²) in [5, 5.41) is 36.5. The second kappa shape index (κ2) is 15.5. The molecule has 40 heavy (non-hydrogen) atoms. The van der Waals surface area contributed by atoms with Gasteiger partial charge in [0.2, 0.25) is 17.7 Å². The van der Waals surface area contributed by atoms with Gasteiger partial charge in [-0.05, 0) is 57.2 Å². The molecule has 14 heteroatoms. The molecular weight excluding hydrogens is 524 g/mol. The number of fused-ring (bicyclic) bond motifs is 1. The van der Waals surface area contributed by atoms with E-state index >= 15 is 0 Å². The van der Waals surface area contributed by atoms with Gasteiger partial charge in [-0.1, -0.05) is 18.2 Å². The van der Waals surface area contributed by atoms with E-state index in [0.29, 0.717) is 19.4 Å². The molecule has 0 bridgehead atoms. The maximum absolute atomic E-state index is 13.1. The molecule has 11 N–H and O–H groups in total. The molecule has 3 amide bonds. The molecular formula is C26H38N6O8. The van der Waals surface area contributed by atoms with Gasteiger partial charge in [-0.25, -0.2) is 4.79 Å². The van der Waals surface area contributed by atoms with E-state index in [1.165, 1.54) is 6.92 Å². The molecule has 0 saturated heterocycles. The van der Waals surface area contributed by atoms with E-state index in [9.17, 15) is 34.2 Å². The average Bonchev–Trinajstić information content (AvgIpc) is 3.30. The molecule has 5 unspecified atom stereocenters. The second-order valence-corrected chi connectivity index (χ2v) is 9.57. The highest BCUT2D eigenvalue weighted by Gasteiger charge is 2.32. The van der Waals surface area contributed by atoms with Crippen molar-refractivity contribution in [2.75, 3.05) is 6.54 Å². The van der Waals surface area contributed by atoms with Gasteiger partial charge in [0.25, 0.3) is 0 Å². The lowest BCUT2D eigenvalue weighted by Gasteiger charge is -2.26. The molecule has 1 aromatic carbocycles. The molecule has 1 heterocycles. The van der Waals surface area contributed by atoms with Crippen molar-refractivity contribution < 1.29 is 39.3 Å². The van der Waals surface area contributed by atoms with Crippen LogP contribution in [0.1, 0.15) is 44.6 Å². The summed E-state index contributed by atoms with van der Waals surface area (Å²) in [4.78, 5) is 64.3. The molecule has 0 fully saturated rings. The molecule has 0 radical (unpaired) electrons. The summed E-state index contributed by atoms with van der Waals surface area (Å²) in [6.45, 7) is 1.60. The normalized spacial score (nSPS) is 14.9. The van der Waals surface area contributed by atoms with Crippen molar-refractivity contribution in [3.8, 4) is 0 Å². The Morgan fingerprint density at radius 1 is 0.925 bits per heavy atom. The summed E-state index contributed by atoms with van der Waals surface area (Å²) in [6.07, 6.45) is 0.684. The number of hydrogen-bond donors (Lipinski definition) is 9. The highest BCUT2D eigenvalue weighted by Crippen LogP contribution is 2.19. The number of amides is 3. The molecule has 14 nitrogen and oxygen atoms in total. The number of nitrogens with one attached hydrogen (secondary N) is 4. The lowest BCUT2D eigenvalue weighted by atomic mass is 10.0. The van der Waals surface area contributed by atoms with Gasteiger partial charge in [-0.3, -0.25) is 19.2 Å². The molecule has 1 aromatic heterocycles. The minimum atomic E-state index is -1.49. The van der Waals surface area contributed by atoms with Crippen LogP contribution in [0.2, 0.25) is 0 Å². The van der Waals surface area contributed by atoms with Crippen molar-refractivity contribution in [2.24, 2.45) is 11.5 Å². The quantitative estimate of drug-likeness (QED) is 0.106. The molecule has 2 rings (SSSR count). The van der Waals surface area contributed by atoms with Crippen LogP contribution in [0.15, 0.2) is 30.5 Å². The fourth-order valence-corrected chi connectivity index (χ4v) is 4.12. The first-order chi connectivity index (χ1) is 18.9. The lowest BCUT2D eigenvalue weighted by molar-refractivity contribution is -0.143. The van der Waals surface area contributed by atoms with Crippen LogP contribution in [0, 0.1) is 0 Å². The molecule has 0 aliphatic heterocycles. The molecule has 0 saturated carbocycles. The van der Waals surface area contributed by atoms with Crippen LogP contribution >= 0.6 is 0 Å². The second-order valence-electron chi connectivity index (χ2n) is 9.57. The minimum Gasteiger partial charge on any atom is -0.481 e. The number of aromatic amines is 1. The van der Waals surface area contributed by atoms with Crippen molar-refractivity contribution in [3.63, 3.8) is 0 Å². The number of aliphatic hydroxyl groups excluding tert-OH is 1. The number of benzene rings is 1. The van der Waals surface area contributed by atoms with E-state index in [0.717, 1.165) is 16.5 Å². The first kappa shape index (κ1) is 32.2. The minimum absolute atomic E-state index is 0.0839. The summed E-state index contributed by atoms with van der Waals surface area (Å²) < 4.78 is 0. The van der Waals surface area contributed by atoms with Gasteiger partial charge in [-0.2, -0.15) is 0 Å². The summed E-state index contributed by atoms with van der Waals surface area (Å²) in [6, 6.07) is 2.23. The average molecular weight is 563 g/mol. The van der Waals surface area contributed by atoms with Crippen LogP contribution in [0.25, 0.3) is 10.9 Å². The number of carboxylic acid groups (broad SMARTS) is 2. The Kier molecular flexibility index (Phi) is 12.5. The molecule has 0 aliphatic carbocycles. The van der Waals surface area contributed by atoms with Crippen LogP contribution in [-0.4, -0.2) is 86.8 Å². The number of aliphatic carboxylic acids is 2. The van der Waals surface area contributed by atoms with Crippen molar-refractivity contribution in [1.29, 1.82) is 0 Å². The molecule has 2 aromatic rings. The van der Waals surface area contributed by atoms with Gasteiger partial charge in [0.15, 0.2) is 0 Å². The first-order valence-electron chi connectivity index (χ1n) is 13.0. The van der Waals surface area contributed by atoms with Gasteiger partial charge < -0.3 is 47.7 Å². The Balaban J connectivity index is 2.10. The van der Waals surface area contributed by atoms with Gasteiger partial charge in [0.1, 0.15) is 18.1 Å². The predicted octanol–water partition coefficient (Wildman–Crippen LogP) is -1.05. The van der Waals surface area contributed by atoms with E-state index in [1.807, 2.05) is 24.3 Å². The zero-order valence-corrected chi connectivity index (χ0v) is 22.3. The summed E-state index contributed by atoms with van der Waals surface area (Å²) in [5.74, 6) is -5.09. The zero-order valence-electron chi connectivity index (χ0n) is 22.3. The van der Waals surface area contributed by atoms with E-state index in [4.69, 9.17) is 16.6 Å². The maximum atomic E-state index is 13.1. The van der Waals surface area contributed by atoms with Crippen molar-refractivity contribution in [1.82, 2.24) is 20.9 Å². The van der Waals surface area contributed by atoms with Crippen LogP contribution in [0.5, 0.6) is 0 Å². The van der Waals surface area contributed by atoms with Crippen molar-refractivity contribution >= 4 is 40.6 Å². The molecule has 220 valence electrons. The number of nitrogens with two attached hydrogens (primary N) is 2. The zero-order chi connectivity index (χ0) is 29.8. The molecule has 5 atom stereocenters. The van der Waals surface area contributed by atoms with Crippen LogP contribution in [-0.2, 0) is 30.4 Å². The number of carbonyl (C=O) groups is 5. The number of unbranched alkanes of at least 4 members (excludes halogenated alkanes) is 1. The van der Waals surface area contributed by atoms with E-state index in [1.54, 1.807) is 6.20 Å². The number of hydrogen-bond acceptors (Lipinski definition) is 8. The number of aromatic nitrogens is 1. The Bertz CT molecular complexity index is 1180. The SMILES string of the molecule is CC(O)C(NC(=O)C(N)Cc1c[nH]c2ccccc12)C(=O)NC(CCCCN)C(=O)NC(CCC(=O)O)C(=O)O. The Hall–Kier alpha value is -4.01. The third-order valence-corrected chi connectivity index (χ3v) is 6.36. The van der Waals surface area contributed by atoms with Crippen molar-refractivity contribution in [3.05, 3.63) is 36.0 Å². The summed E-state index contributed by atoms with van der Waals surface area (Å²) in [7, 11) is 0. The Labute approximate surface area is 230 Å². The fourth-order valence-electron chi connectivity index (χ4n) is 4.12. The maximum Gasteiger partial charge on any atom is 0.326 e. The van der Waals surface area contributed by atoms with E-state index in [2.05, 4.69) is 20.9 Å². The van der Waals surface area contributed by atoms with Gasteiger partial charge in [-0.15, -0.1) is 0 Å². The largest absolute Gasteiger partial charge is 0.481 e. The first-order valence-corrected chi connectivity index (χ1v) is 13.0. The number of para-hydroxylation sites is 1. The Morgan fingerprint density at radius 3 is 2.23 bits per heavy atom. The molecule has 0 spiro atoms. The monoisotopic (exact) mass is 562 g/mol. The number of aliphatic hydroxyl groups is 1. The predicted molar refractivity (Wildman–Crippen MR) is 145 cm³/mol. The van der Waals surface area contributed by atoms with Crippen LogP contribution in [0.4, 0.5) is 0 Å². The lowest BCUT2D eigenvalue weighted by Crippen LogP contribution is -2.60. The molecule has 0 aliphatic rings. The van der Waals surface area contributed by atoms with E-state index < -0.39 is 66.4 Å². The fraction of sp³-hybridized carbons (Fsp3) is 0.500. The summed E-state index contributed by atoms with van der Waals surface area (Å²) in [5.41, 5.74) is 13.3. The van der Waals surface area contributed by atoms with Gasteiger partial charge in [0, 0.05) is 23.5 Å². The topological polar surface area (TPSA) is 250 Å². The Morgan fingerprint density at radius 2 is 1.60 bits per heavy atom. The number of rotatable bonds is 17. The summed E-state index contributed by atoms with van der Waals surface area (Å²) >= 11 is 0. The number of carbonyl (C=O) groups excluding carboxylic acids is 3. The van der Waals surface area contributed by atoms with Crippen LogP contribution in [0.3, 0.4) is 0 Å². The standard InChI is InChI=1S/C26H38N6O8/c1-14(33)22(32-23(36)17(28)12-15-13-29-18-7-3-2-6-16(15)18)25(38)30-19(8-4-5-11-27)24(37)31-20(26(39)40)9-10-21(34)35/h2-3,6-7,13-14,17,19-20,22,29,33H,4-5,8-12,27-28H2,1H3,(H,30,38)(H,31,37)(H,32,36)(H,34,35)(H,39,40). The number of H-pyrrole nitrogens is 1. The third-order valence-electron chi connectivity index (χ3n) is 6.36. The van der Waals surface area contributed by atoms with Crippen LogP contribution < -0.4 is 27.4 Å². The van der Waals surface area contributed by atoms with Gasteiger partial charge >= 0.3 is 11.9 Å². The van der Waals surface area contributed by atoms with Gasteiger partial charge in [0.05, 0.1) is 12.1 Å². The smallest absolute Gasteiger partial charge is 0.326 e. The highest BCUT2D eigenvalue weighted by molar-refractivity contribution is 5.94. The van der Waals surface area contributed by atoms with E-state index in [-0.39, 0.29) is 19.3 Å².